The van der Waals surface area contributed by atoms with Gasteiger partial charge in [0.15, 0.2) is 0 Å². The Hall–Kier alpha value is -0.990. The van der Waals surface area contributed by atoms with E-state index in [-0.39, 0.29) is 6.42 Å². The maximum Gasteiger partial charge on any atom is 0.307 e. The molecule has 0 aromatic heterocycles. The number of carboxylic acids is 1. The topological polar surface area (TPSA) is 63.3 Å². The fourth-order valence-electron chi connectivity index (χ4n) is 0.248. The minimum Gasteiger partial charge on any atom is -0.481 e. The molecule has 0 radical (unpaired) electrons. The van der Waals surface area contributed by atoms with Gasteiger partial charge in [-0.15, -0.1) is 0 Å². The molecule has 0 saturated heterocycles. The lowest BCUT2D eigenvalue weighted by Crippen LogP contribution is -1.95. The van der Waals surface area contributed by atoms with Crippen LogP contribution >= 0.6 is 0 Å². The summed E-state index contributed by atoms with van der Waals surface area (Å²) in [7, 11) is 0. The van der Waals surface area contributed by atoms with E-state index in [2.05, 4.69) is 0 Å². The molecule has 0 amide bonds. The van der Waals surface area contributed by atoms with Crippen LogP contribution in [0.4, 0.5) is 0 Å². The molecule has 0 aromatic carbocycles. The number of hydrogen-bond acceptors (Lipinski definition) is 2. The first-order valence-corrected chi connectivity index (χ1v) is 2.27. The molecule has 0 aromatic rings. The molecule has 0 unspecified atom stereocenters. The predicted octanol–water partition coefficient (Wildman–Crippen LogP) is 0.324. The van der Waals surface area contributed by atoms with Crippen molar-refractivity contribution < 1.29 is 9.90 Å². The molecule has 0 rings (SSSR count). The van der Waals surface area contributed by atoms with Crippen LogP contribution in [-0.4, -0.2) is 11.1 Å². The minimum absolute atomic E-state index is 0.0162. The number of aliphatic carboxylic acids is 1. The fraction of sp³-hybridized carbons (Fsp3) is 0.400. The van der Waals surface area contributed by atoms with E-state index in [1.54, 1.807) is 6.92 Å². The Morgan fingerprint density at radius 2 is 2.38 bits per heavy atom. The van der Waals surface area contributed by atoms with Gasteiger partial charge in [-0.3, -0.25) is 4.79 Å². The molecule has 0 heterocycles. The van der Waals surface area contributed by atoms with Crippen LogP contribution in [0.5, 0.6) is 0 Å². The lowest BCUT2D eigenvalue weighted by Gasteiger charge is -1.85. The maximum absolute atomic E-state index is 9.80. The monoisotopic (exact) mass is 115 g/mol. The van der Waals surface area contributed by atoms with E-state index in [1.807, 2.05) is 0 Å². The third kappa shape index (κ3) is 5.01. The summed E-state index contributed by atoms with van der Waals surface area (Å²) in [5, 5.41) is 8.06. The van der Waals surface area contributed by atoms with Crippen LogP contribution in [0.2, 0.25) is 0 Å². The van der Waals surface area contributed by atoms with Gasteiger partial charge in [-0.2, -0.15) is 0 Å². The standard InChI is InChI=1S/C5H9NO2/c1-4(6)2-3-5(7)8/h2H,3,6H2,1H3,(H,7,8)/b4-2-. The number of nitrogens with two attached hydrogens (primary N) is 1. The highest BCUT2D eigenvalue weighted by Crippen LogP contribution is 1.85. The summed E-state index contributed by atoms with van der Waals surface area (Å²) in [5.41, 5.74) is 5.69. The highest BCUT2D eigenvalue weighted by Gasteiger charge is 1.88. The molecular formula is C5H9NO2. The molecule has 8 heavy (non-hydrogen) atoms. The van der Waals surface area contributed by atoms with Gasteiger partial charge in [0.2, 0.25) is 0 Å². The van der Waals surface area contributed by atoms with Gasteiger partial charge in [-0.1, -0.05) is 6.08 Å². The van der Waals surface area contributed by atoms with E-state index in [1.165, 1.54) is 6.08 Å². The zero-order chi connectivity index (χ0) is 6.57. The Morgan fingerprint density at radius 1 is 1.88 bits per heavy atom. The van der Waals surface area contributed by atoms with Gasteiger partial charge < -0.3 is 10.8 Å². The van der Waals surface area contributed by atoms with Crippen molar-refractivity contribution in [3.05, 3.63) is 11.8 Å². The van der Waals surface area contributed by atoms with Crippen LogP contribution in [0.3, 0.4) is 0 Å². The SMILES string of the molecule is C/C(N)=C/CC(=O)O. The quantitative estimate of drug-likeness (QED) is 0.544. The van der Waals surface area contributed by atoms with Gasteiger partial charge >= 0.3 is 5.97 Å². The highest BCUT2D eigenvalue weighted by molar-refractivity contribution is 5.68. The summed E-state index contributed by atoms with van der Waals surface area (Å²) in [6, 6.07) is 0. The van der Waals surface area contributed by atoms with Crippen molar-refractivity contribution in [1.29, 1.82) is 0 Å². The van der Waals surface area contributed by atoms with Crippen molar-refractivity contribution in [2.24, 2.45) is 5.73 Å². The summed E-state index contributed by atoms with van der Waals surface area (Å²) in [6.07, 6.45) is 1.48. The Labute approximate surface area is 47.8 Å². The van der Waals surface area contributed by atoms with Crippen molar-refractivity contribution >= 4 is 5.97 Å². The lowest BCUT2D eigenvalue weighted by atomic mass is 10.3. The van der Waals surface area contributed by atoms with E-state index < -0.39 is 5.97 Å². The first-order chi connectivity index (χ1) is 3.63. The number of carbonyl (C=O) groups is 1. The number of hydrogen-bond donors (Lipinski definition) is 2. The van der Waals surface area contributed by atoms with Crippen LogP contribution in [0.1, 0.15) is 13.3 Å². The van der Waals surface area contributed by atoms with Crippen LogP contribution in [-0.2, 0) is 4.79 Å². The van der Waals surface area contributed by atoms with Crippen molar-refractivity contribution in [2.45, 2.75) is 13.3 Å². The van der Waals surface area contributed by atoms with Crippen LogP contribution in [0.25, 0.3) is 0 Å². The summed E-state index contributed by atoms with van der Waals surface area (Å²) in [4.78, 5) is 9.80. The summed E-state index contributed by atoms with van der Waals surface area (Å²) < 4.78 is 0. The van der Waals surface area contributed by atoms with E-state index in [4.69, 9.17) is 10.8 Å². The Morgan fingerprint density at radius 3 is 2.50 bits per heavy atom. The lowest BCUT2D eigenvalue weighted by molar-refractivity contribution is -0.136. The number of rotatable bonds is 2. The predicted molar refractivity (Wildman–Crippen MR) is 30.2 cm³/mol. The zero-order valence-electron chi connectivity index (χ0n) is 4.72. The zero-order valence-corrected chi connectivity index (χ0v) is 4.72. The van der Waals surface area contributed by atoms with Crippen molar-refractivity contribution in [2.75, 3.05) is 0 Å². The fourth-order valence-corrected chi connectivity index (χ4v) is 0.248. The molecule has 3 N–H and O–H groups in total. The third-order valence-corrected chi connectivity index (χ3v) is 0.599. The van der Waals surface area contributed by atoms with Crippen molar-refractivity contribution in [3.63, 3.8) is 0 Å². The number of carboxylic acid groups (broad SMARTS) is 1. The van der Waals surface area contributed by atoms with Crippen molar-refractivity contribution in [3.8, 4) is 0 Å². The smallest absolute Gasteiger partial charge is 0.307 e. The molecule has 0 fully saturated rings. The van der Waals surface area contributed by atoms with Gasteiger partial charge in [0.05, 0.1) is 6.42 Å². The average Bonchev–Trinajstić information content (AvgIpc) is 1.61. The summed E-state index contributed by atoms with van der Waals surface area (Å²) >= 11 is 0. The van der Waals surface area contributed by atoms with Crippen LogP contribution in [0, 0.1) is 0 Å². The number of allylic oxidation sites excluding steroid dienone is 1. The van der Waals surface area contributed by atoms with E-state index in [0.717, 1.165) is 0 Å². The molecule has 0 aliphatic heterocycles. The van der Waals surface area contributed by atoms with Crippen LogP contribution < -0.4 is 5.73 Å². The molecule has 46 valence electrons. The van der Waals surface area contributed by atoms with Gasteiger partial charge in [0.25, 0.3) is 0 Å². The van der Waals surface area contributed by atoms with E-state index >= 15 is 0 Å². The minimum atomic E-state index is -0.852. The molecular weight excluding hydrogens is 106 g/mol. The van der Waals surface area contributed by atoms with E-state index in [9.17, 15) is 4.79 Å². The molecule has 0 atom stereocenters. The van der Waals surface area contributed by atoms with Gasteiger partial charge in [-0.05, 0) is 6.92 Å². The Kier molecular flexibility index (Phi) is 2.69. The molecule has 0 bridgehead atoms. The van der Waals surface area contributed by atoms with Gasteiger partial charge in [0, 0.05) is 5.70 Å². The molecule has 3 heteroatoms. The Bertz CT molecular complexity index is 114. The molecule has 0 spiro atoms. The largest absolute Gasteiger partial charge is 0.481 e. The van der Waals surface area contributed by atoms with Gasteiger partial charge in [0.1, 0.15) is 0 Å². The molecule has 3 nitrogen and oxygen atoms in total. The average molecular weight is 115 g/mol. The normalized spacial score (nSPS) is 11.4. The van der Waals surface area contributed by atoms with Crippen molar-refractivity contribution in [1.82, 2.24) is 0 Å². The Balaban J connectivity index is 3.45. The molecule has 0 aliphatic rings. The second kappa shape index (κ2) is 3.07. The van der Waals surface area contributed by atoms with Gasteiger partial charge in [-0.25, -0.2) is 0 Å². The first kappa shape index (κ1) is 7.01. The maximum atomic E-state index is 9.80. The molecule has 0 aliphatic carbocycles. The summed E-state index contributed by atoms with van der Waals surface area (Å²) in [6.45, 7) is 1.66. The first-order valence-electron chi connectivity index (χ1n) is 2.27. The van der Waals surface area contributed by atoms with Crippen LogP contribution in [0.15, 0.2) is 11.8 Å². The second-order valence-corrected chi connectivity index (χ2v) is 1.55. The second-order valence-electron chi connectivity index (χ2n) is 1.55. The summed E-state index contributed by atoms with van der Waals surface area (Å²) in [5.74, 6) is -0.852. The highest BCUT2D eigenvalue weighted by atomic mass is 16.4. The van der Waals surface area contributed by atoms with E-state index in [0.29, 0.717) is 5.70 Å². The molecule has 0 saturated carbocycles. The third-order valence-electron chi connectivity index (χ3n) is 0.599.